The Balaban J connectivity index is 3.43. The molecule has 0 aromatic heterocycles. The zero-order valence-corrected chi connectivity index (χ0v) is 40.9. The van der Waals surface area contributed by atoms with E-state index in [1.54, 1.807) is 6.08 Å². The lowest BCUT2D eigenvalue weighted by atomic mass is 10.0. The van der Waals surface area contributed by atoms with E-state index in [1.807, 2.05) is 6.08 Å². The molecule has 1 amide bonds. The van der Waals surface area contributed by atoms with Crippen molar-refractivity contribution in [3.8, 4) is 0 Å². The minimum absolute atomic E-state index is 0.00872. The van der Waals surface area contributed by atoms with E-state index in [2.05, 4.69) is 31.3 Å². The number of esters is 1. The maximum Gasteiger partial charge on any atom is 0.305 e. The molecule has 0 aliphatic carbocycles. The Labute approximate surface area is 380 Å². The van der Waals surface area contributed by atoms with Gasteiger partial charge in [-0.3, -0.25) is 9.59 Å². The SMILES string of the molecule is CCCCCCCCCCC/C=C/C(O)C(CO)NC(=O)CCCCCCCCC/C=C\CCCCCCCCCCCCCOC(=O)CCCCCCCCCCCCC. The second kappa shape index (κ2) is 51.0. The molecule has 0 radical (unpaired) electrons. The van der Waals surface area contributed by atoms with E-state index in [0.29, 0.717) is 19.4 Å². The van der Waals surface area contributed by atoms with Gasteiger partial charge in [-0.25, -0.2) is 0 Å². The molecular weight excluding hydrogens is 755 g/mol. The number of ether oxygens (including phenoxy) is 1. The van der Waals surface area contributed by atoms with Gasteiger partial charge in [-0.05, 0) is 57.8 Å². The van der Waals surface area contributed by atoms with Crippen LogP contribution in [0.3, 0.4) is 0 Å². The molecule has 0 aromatic rings. The average molecular weight is 860 g/mol. The Morgan fingerprint density at radius 1 is 0.443 bits per heavy atom. The van der Waals surface area contributed by atoms with Crippen LogP contribution in [0, 0.1) is 0 Å². The molecule has 0 bridgehead atoms. The van der Waals surface area contributed by atoms with Gasteiger partial charge < -0.3 is 20.3 Å². The molecule has 0 saturated carbocycles. The Morgan fingerprint density at radius 3 is 1.16 bits per heavy atom. The summed E-state index contributed by atoms with van der Waals surface area (Å²) in [6, 6.07) is -0.631. The third-order valence-corrected chi connectivity index (χ3v) is 12.5. The summed E-state index contributed by atoms with van der Waals surface area (Å²) in [5.41, 5.74) is 0. The molecular formula is C55H105NO5. The first-order chi connectivity index (χ1) is 30.0. The maximum absolute atomic E-state index is 12.4. The molecule has 360 valence electrons. The van der Waals surface area contributed by atoms with Crippen molar-refractivity contribution in [1.29, 1.82) is 0 Å². The molecule has 0 heterocycles. The normalized spacial score (nSPS) is 12.8. The number of aliphatic hydroxyl groups excluding tert-OH is 2. The Kier molecular flexibility index (Phi) is 49.6. The molecule has 6 heteroatoms. The van der Waals surface area contributed by atoms with Gasteiger partial charge in [0.05, 0.1) is 25.4 Å². The van der Waals surface area contributed by atoms with Crippen molar-refractivity contribution in [2.24, 2.45) is 0 Å². The van der Waals surface area contributed by atoms with Crippen LogP contribution in [0.4, 0.5) is 0 Å². The summed E-state index contributed by atoms with van der Waals surface area (Å²) in [5, 5.41) is 23.0. The largest absolute Gasteiger partial charge is 0.466 e. The zero-order valence-electron chi connectivity index (χ0n) is 40.9. The second-order valence-corrected chi connectivity index (χ2v) is 18.6. The number of allylic oxidation sites excluding steroid dienone is 3. The number of unbranched alkanes of at least 4 members (excludes halogenated alkanes) is 37. The van der Waals surface area contributed by atoms with Crippen LogP contribution in [0.5, 0.6) is 0 Å². The molecule has 3 N–H and O–H groups in total. The Hall–Kier alpha value is -1.66. The predicted octanol–water partition coefficient (Wildman–Crippen LogP) is 16.3. The monoisotopic (exact) mass is 860 g/mol. The predicted molar refractivity (Wildman–Crippen MR) is 264 cm³/mol. The zero-order chi connectivity index (χ0) is 44.4. The highest BCUT2D eigenvalue weighted by molar-refractivity contribution is 5.76. The molecule has 0 fully saturated rings. The van der Waals surface area contributed by atoms with E-state index in [-0.39, 0.29) is 18.5 Å². The van der Waals surface area contributed by atoms with Crippen molar-refractivity contribution in [2.75, 3.05) is 13.2 Å². The molecule has 0 saturated heterocycles. The molecule has 61 heavy (non-hydrogen) atoms. The van der Waals surface area contributed by atoms with Crippen molar-refractivity contribution in [3.63, 3.8) is 0 Å². The topological polar surface area (TPSA) is 95.9 Å². The second-order valence-electron chi connectivity index (χ2n) is 18.6. The number of hydrogen-bond donors (Lipinski definition) is 3. The highest BCUT2D eigenvalue weighted by atomic mass is 16.5. The van der Waals surface area contributed by atoms with Crippen LogP contribution < -0.4 is 5.32 Å². The van der Waals surface area contributed by atoms with Crippen molar-refractivity contribution < 1.29 is 24.5 Å². The van der Waals surface area contributed by atoms with Crippen molar-refractivity contribution >= 4 is 11.9 Å². The quantitative estimate of drug-likeness (QED) is 0.0322. The average Bonchev–Trinajstić information content (AvgIpc) is 3.26. The van der Waals surface area contributed by atoms with Gasteiger partial charge >= 0.3 is 5.97 Å². The summed E-state index contributed by atoms with van der Waals surface area (Å²) in [5.74, 6) is -0.0674. The van der Waals surface area contributed by atoms with Crippen LogP contribution in [-0.2, 0) is 14.3 Å². The van der Waals surface area contributed by atoms with Gasteiger partial charge in [0.2, 0.25) is 5.91 Å². The molecule has 0 spiro atoms. The number of amides is 1. The van der Waals surface area contributed by atoms with Gasteiger partial charge in [0.1, 0.15) is 0 Å². The van der Waals surface area contributed by atoms with Gasteiger partial charge in [-0.1, -0.05) is 244 Å². The Morgan fingerprint density at radius 2 is 0.770 bits per heavy atom. The van der Waals surface area contributed by atoms with Gasteiger partial charge in [0.25, 0.3) is 0 Å². The number of hydrogen-bond acceptors (Lipinski definition) is 5. The third-order valence-electron chi connectivity index (χ3n) is 12.5. The van der Waals surface area contributed by atoms with Crippen LogP contribution in [0.15, 0.2) is 24.3 Å². The fraction of sp³-hybridized carbons (Fsp3) is 0.891. The summed E-state index contributed by atoms with van der Waals surface area (Å²) >= 11 is 0. The first kappa shape index (κ1) is 59.3. The van der Waals surface area contributed by atoms with E-state index >= 15 is 0 Å². The summed E-state index contributed by atoms with van der Waals surface area (Å²) in [7, 11) is 0. The lowest BCUT2D eigenvalue weighted by Crippen LogP contribution is -2.45. The van der Waals surface area contributed by atoms with E-state index in [9.17, 15) is 19.8 Å². The number of carbonyl (C=O) groups is 2. The molecule has 0 aliphatic rings. The third kappa shape index (κ3) is 47.7. The van der Waals surface area contributed by atoms with Crippen LogP contribution in [0.1, 0.15) is 290 Å². The summed E-state index contributed by atoms with van der Waals surface area (Å²) in [4.78, 5) is 24.4. The minimum Gasteiger partial charge on any atom is -0.466 e. The van der Waals surface area contributed by atoms with E-state index in [0.717, 1.165) is 44.9 Å². The smallest absolute Gasteiger partial charge is 0.305 e. The van der Waals surface area contributed by atoms with Crippen molar-refractivity contribution in [3.05, 3.63) is 24.3 Å². The summed E-state index contributed by atoms with van der Waals surface area (Å²) < 4.78 is 5.46. The van der Waals surface area contributed by atoms with Gasteiger partial charge in [0.15, 0.2) is 0 Å². The van der Waals surface area contributed by atoms with E-state index in [1.165, 1.54) is 218 Å². The molecule has 0 rings (SSSR count). The van der Waals surface area contributed by atoms with Crippen LogP contribution in [0.2, 0.25) is 0 Å². The van der Waals surface area contributed by atoms with Crippen molar-refractivity contribution in [2.45, 2.75) is 302 Å². The Bertz CT molecular complexity index is 951. The number of rotatable bonds is 50. The van der Waals surface area contributed by atoms with Crippen molar-refractivity contribution in [1.82, 2.24) is 5.32 Å². The number of nitrogens with one attached hydrogen (secondary N) is 1. The summed E-state index contributed by atoms with van der Waals surface area (Å²) in [6.07, 6.45) is 60.5. The van der Waals surface area contributed by atoms with Crippen LogP contribution in [0.25, 0.3) is 0 Å². The van der Waals surface area contributed by atoms with Gasteiger partial charge in [0, 0.05) is 12.8 Å². The van der Waals surface area contributed by atoms with Crippen LogP contribution in [-0.4, -0.2) is 47.4 Å². The number of carbonyl (C=O) groups excluding carboxylic acids is 2. The highest BCUT2D eigenvalue weighted by Gasteiger charge is 2.18. The van der Waals surface area contributed by atoms with Gasteiger partial charge in [-0.2, -0.15) is 0 Å². The van der Waals surface area contributed by atoms with Gasteiger partial charge in [-0.15, -0.1) is 0 Å². The fourth-order valence-electron chi connectivity index (χ4n) is 8.27. The molecule has 2 unspecified atom stereocenters. The van der Waals surface area contributed by atoms with E-state index < -0.39 is 12.1 Å². The van der Waals surface area contributed by atoms with Crippen LogP contribution >= 0.6 is 0 Å². The van der Waals surface area contributed by atoms with E-state index in [4.69, 9.17) is 4.74 Å². The molecule has 0 aliphatic heterocycles. The maximum atomic E-state index is 12.4. The summed E-state index contributed by atoms with van der Waals surface area (Å²) in [6.45, 7) is 4.88. The number of aliphatic hydroxyl groups is 2. The molecule has 6 nitrogen and oxygen atoms in total. The fourth-order valence-corrected chi connectivity index (χ4v) is 8.27. The minimum atomic E-state index is -0.846. The highest BCUT2D eigenvalue weighted by Crippen LogP contribution is 2.16. The molecule has 2 atom stereocenters. The first-order valence-electron chi connectivity index (χ1n) is 27.1. The first-order valence-corrected chi connectivity index (χ1v) is 27.1. The lowest BCUT2D eigenvalue weighted by Gasteiger charge is -2.20. The molecule has 0 aromatic carbocycles. The standard InChI is InChI=1S/C55H105NO5/c1-3-5-7-9-11-13-27-31-35-39-43-47-53(58)52(51-57)56-54(59)48-44-40-36-32-29-25-23-21-19-17-15-16-18-20-22-24-26-30-34-38-42-46-50-61-55(60)49-45-41-37-33-28-14-12-10-8-6-4-2/h17,19,43,47,52-53,57-58H,3-16,18,20-42,44-46,48-51H2,1-2H3,(H,56,59)/b19-17-,47-43+. The lowest BCUT2D eigenvalue weighted by molar-refractivity contribution is -0.143.